The minimum absolute atomic E-state index is 0. The highest BCUT2D eigenvalue weighted by Crippen LogP contribution is 2.19. The summed E-state index contributed by atoms with van der Waals surface area (Å²) in [6.07, 6.45) is 0. The zero-order chi connectivity index (χ0) is 20.3. The average molecular weight is 393 g/mol. The van der Waals surface area contributed by atoms with Gasteiger partial charge in [0, 0.05) is 39.1 Å². The molecule has 0 amide bonds. The van der Waals surface area contributed by atoms with Crippen LogP contribution in [0.25, 0.3) is 0 Å². The topological polar surface area (TPSA) is 44.3 Å². The Hall–Kier alpha value is -2.72. The van der Waals surface area contributed by atoms with Gasteiger partial charge in [-0.05, 0) is 42.0 Å². The number of rotatable bonds is 5. The second-order valence-corrected chi connectivity index (χ2v) is 4.91. The summed E-state index contributed by atoms with van der Waals surface area (Å²) in [7, 11) is 1.00. The van der Waals surface area contributed by atoms with Crippen LogP contribution in [0, 0.1) is 0 Å². The molecular weight excluding hydrogens is 355 g/mol. The Labute approximate surface area is 180 Å². The van der Waals surface area contributed by atoms with E-state index in [9.17, 15) is 0 Å². The Morgan fingerprint density at radius 1 is 0.586 bits per heavy atom. The standard InChI is InChI=1S/C19H18N2.2C2H6.CH4O.CH4.B/c1-3-7-16(8-4-1)15-20-17-11-13-19(14-12-17)21-18-9-5-2-6-10-18;3*1-2;;/h1-14,20-21H,15H2;2*1-2H3;2H,1H3;1H4;. The molecule has 0 fully saturated rings. The molecule has 0 unspecified atom stereocenters. The molecule has 0 saturated carbocycles. The second kappa shape index (κ2) is 21.6. The molecule has 0 heterocycles. The van der Waals surface area contributed by atoms with Crippen LogP contribution in [0.1, 0.15) is 40.7 Å². The maximum atomic E-state index is 7.00. The number of para-hydroxylation sites is 1. The van der Waals surface area contributed by atoms with Gasteiger partial charge in [-0.2, -0.15) is 0 Å². The van der Waals surface area contributed by atoms with Gasteiger partial charge in [-0.3, -0.25) is 0 Å². The molecule has 3 rings (SSSR count). The normalized spacial score (nSPS) is 7.93. The lowest BCUT2D eigenvalue weighted by atomic mass is 10.2. The second-order valence-electron chi connectivity index (χ2n) is 4.91. The first-order valence-electron chi connectivity index (χ1n) is 9.55. The molecule has 3 aromatic carbocycles. The minimum Gasteiger partial charge on any atom is -0.400 e. The van der Waals surface area contributed by atoms with Gasteiger partial charge in [-0.1, -0.05) is 83.7 Å². The number of benzene rings is 3. The number of nitrogens with one attached hydrogen (secondary N) is 2. The summed E-state index contributed by atoms with van der Waals surface area (Å²) >= 11 is 0. The molecule has 0 spiro atoms. The van der Waals surface area contributed by atoms with Crippen LogP contribution in [0.5, 0.6) is 0 Å². The summed E-state index contributed by atoms with van der Waals surface area (Å²) in [4.78, 5) is 0. The van der Waals surface area contributed by atoms with Crippen molar-refractivity contribution in [3.63, 3.8) is 0 Å². The minimum atomic E-state index is 0. The number of aliphatic hydroxyl groups excluding tert-OH is 1. The quantitative estimate of drug-likeness (QED) is 0.411. The monoisotopic (exact) mass is 393 g/mol. The smallest absolute Gasteiger partial charge is 0.0400 e. The van der Waals surface area contributed by atoms with Gasteiger partial charge in [-0.15, -0.1) is 0 Å². The third-order valence-corrected chi connectivity index (χ3v) is 3.29. The van der Waals surface area contributed by atoms with Crippen LogP contribution in [0.3, 0.4) is 0 Å². The maximum absolute atomic E-state index is 7.00. The first-order chi connectivity index (χ1) is 13.4. The predicted molar refractivity (Wildman–Crippen MR) is 133 cm³/mol. The molecule has 0 atom stereocenters. The summed E-state index contributed by atoms with van der Waals surface area (Å²) in [5.41, 5.74) is 4.59. The molecule has 0 saturated heterocycles. The molecule has 0 aliphatic heterocycles. The Morgan fingerprint density at radius 2 is 0.966 bits per heavy atom. The van der Waals surface area contributed by atoms with E-state index in [1.54, 1.807) is 0 Å². The van der Waals surface area contributed by atoms with Crippen LogP contribution in [0.2, 0.25) is 0 Å². The summed E-state index contributed by atoms with van der Waals surface area (Å²) in [5, 5.41) is 13.8. The van der Waals surface area contributed by atoms with Crippen LogP contribution in [-0.2, 0) is 6.54 Å². The van der Waals surface area contributed by atoms with Gasteiger partial charge in [0.2, 0.25) is 0 Å². The Kier molecular flexibility index (Phi) is 23.1. The van der Waals surface area contributed by atoms with E-state index in [-0.39, 0.29) is 15.8 Å². The van der Waals surface area contributed by atoms with E-state index >= 15 is 0 Å². The van der Waals surface area contributed by atoms with E-state index in [2.05, 4.69) is 71.3 Å². The molecule has 0 aliphatic carbocycles. The van der Waals surface area contributed by atoms with Crippen LogP contribution in [0.4, 0.5) is 17.1 Å². The van der Waals surface area contributed by atoms with Gasteiger partial charge in [0.15, 0.2) is 0 Å². The molecule has 3 aromatic rings. The lowest BCUT2D eigenvalue weighted by molar-refractivity contribution is 0.399. The molecule has 3 nitrogen and oxygen atoms in total. The Morgan fingerprint density at radius 3 is 1.45 bits per heavy atom. The molecule has 0 bridgehead atoms. The third-order valence-electron chi connectivity index (χ3n) is 3.29. The zero-order valence-corrected chi connectivity index (χ0v) is 17.8. The number of hydrogen-bond acceptors (Lipinski definition) is 3. The predicted octanol–water partition coefficient (Wildman–Crippen LogP) is 6.96. The van der Waals surface area contributed by atoms with E-state index in [4.69, 9.17) is 5.11 Å². The largest absolute Gasteiger partial charge is 0.400 e. The van der Waals surface area contributed by atoms with Crippen molar-refractivity contribution in [2.45, 2.75) is 41.7 Å². The van der Waals surface area contributed by atoms with Crippen LogP contribution >= 0.6 is 0 Å². The molecule has 0 aliphatic rings. The Balaban J connectivity index is -0.000000776. The lowest BCUT2D eigenvalue weighted by Crippen LogP contribution is -1.99. The van der Waals surface area contributed by atoms with E-state index in [0.29, 0.717) is 0 Å². The van der Waals surface area contributed by atoms with Crippen LogP contribution < -0.4 is 10.6 Å². The van der Waals surface area contributed by atoms with Crippen LogP contribution in [-0.4, -0.2) is 20.6 Å². The van der Waals surface area contributed by atoms with Gasteiger partial charge in [0.25, 0.3) is 0 Å². The van der Waals surface area contributed by atoms with Crippen molar-refractivity contribution >= 4 is 25.5 Å². The van der Waals surface area contributed by atoms with Crippen molar-refractivity contribution in [2.24, 2.45) is 0 Å². The Bertz CT molecular complexity index is 674. The van der Waals surface area contributed by atoms with Crippen molar-refractivity contribution in [2.75, 3.05) is 17.7 Å². The fourth-order valence-electron chi connectivity index (χ4n) is 2.16. The highest BCUT2D eigenvalue weighted by molar-refractivity contribution is 5.75. The summed E-state index contributed by atoms with van der Waals surface area (Å²) in [5.74, 6) is 0. The molecule has 3 radical (unpaired) electrons. The molecule has 29 heavy (non-hydrogen) atoms. The van der Waals surface area contributed by atoms with Gasteiger partial charge in [-0.25, -0.2) is 0 Å². The SMILES string of the molecule is C.CC.CC.CO.[B].c1ccc(CNc2ccc(Nc3ccccc3)cc2)cc1. The van der Waals surface area contributed by atoms with Crippen molar-refractivity contribution in [1.82, 2.24) is 0 Å². The number of aliphatic hydroxyl groups is 1. The maximum Gasteiger partial charge on any atom is 0.0400 e. The van der Waals surface area contributed by atoms with Gasteiger partial charge >= 0.3 is 0 Å². The highest BCUT2D eigenvalue weighted by atomic mass is 16.2. The highest BCUT2D eigenvalue weighted by Gasteiger charge is 1.96. The third kappa shape index (κ3) is 13.2. The van der Waals surface area contributed by atoms with E-state index < -0.39 is 0 Å². The molecular formula is C25H38BN2O. The molecule has 3 N–H and O–H groups in total. The van der Waals surface area contributed by atoms with Crippen molar-refractivity contribution in [3.05, 3.63) is 90.5 Å². The van der Waals surface area contributed by atoms with Gasteiger partial charge in [0.05, 0.1) is 0 Å². The number of anilines is 3. The molecule has 4 heteroatoms. The summed E-state index contributed by atoms with van der Waals surface area (Å²) < 4.78 is 0. The average Bonchev–Trinajstić information content (AvgIpc) is 2.79. The lowest BCUT2D eigenvalue weighted by Gasteiger charge is -2.09. The van der Waals surface area contributed by atoms with Crippen LogP contribution in [0.15, 0.2) is 84.9 Å². The first-order valence-corrected chi connectivity index (χ1v) is 9.55. The molecule has 0 aromatic heterocycles. The van der Waals surface area contributed by atoms with Crippen molar-refractivity contribution in [3.8, 4) is 0 Å². The van der Waals surface area contributed by atoms with E-state index in [1.165, 1.54) is 5.56 Å². The summed E-state index contributed by atoms with van der Waals surface area (Å²) in [6, 6.07) is 28.9. The first kappa shape index (κ1) is 31.0. The summed E-state index contributed by atoms with van der Waals surface area (Å²) in [6.45, 7) is 8.84. The van der Waals surface area contributed by atoms with Crippen molar-refractivity contribution in [1.29, 1.82) is 0 Å². The number of hydrogen-bond donors (Lipinski definition) is 3. The van der Waals surface area contributed by atoms with Crippen molar-refractivity contribution < 1.29 is 5.11 Å². The van der Waals surface area contributed by atoms with E-state index in [1.807, 2.05) is 52.0 Å². The molecule has 157 valence electrons. The van der Waals surface area contributed by atoms with Gasteiger partial charge < -0.3 is 15.7 Å². The zero-order valence-electron chi connectivity index (χ0n) is 17.8. The van der Waals surface area contributed by atoms with E-state index in [0.717, 1.165) is 30.7 Å². The fourth-order valence-corrected chi connectivity index (χ4v) is 2.16. The fraction of sp³-hybridized carbons (Fsp3) is 0.280. The van der Waals surface area contributed by atoms with Gasteiger partial charge in [0.1, 0.15) is 0 Å².